The van der Waals surface area contributed by atoms with Crippen molar-refractivity contribution in [2.24, 2.45) is 5.73 Å². The van der Waals surface area contributed by atoms with E-state index in [-0.39, 0.29) is 40.5 Å². The number of fused-ring (bicyclic) bond motifs is 1. The summed E-state index contributed by atoms with van der Waals surface area (Å²) in [5, 5.41) is 5.05. The SMILES string of the molecule is CN(C(=O)CCCN1Cc2ccccc2C[C@H]1C(=O)N[C@@H](CCN)C(=O)Nc1ccc(Cl)c(Cl)c1F)C1CCC1. The zero-order valence-electron chi connectivity index (χ0n) is 22.6. The van der Waals surface area contributed by atoms with Crippen LogP contribution in [0.5, 0.6) is 0 Å². The van der Waals surface area contributed by atoms with Crippen LogP contribution in [0.2, 0.25) is 10.0 Å². The molecule has 2 aromatic carbocycles. The summed E-state index contributed by atoms with van der Waals surface area (Å²) in [5.74, 6) is -1.66. The average molecular weight is 593 g/mol. The lowest BCUT2D eigenvalue weighted by molar-refractivity contribution is -0.133. The van der Waals surface area contributed by atoms with Crippen LogP contribution in [-0.4, -0.2) is 65.8 Å². The third kappa shape index (κ3) is 7.13. The summed E-state index contributed by atoms with van der Waals surface area (Å²) in [5.41, 5.74) is 7.81. The summed E-state index contributed by atoms with van der Waals surface area (Å²) in [6.07, 6.45) is 4.93. The summed E-state index contributed by atoms with van der Waals surface area (Å²) in [6.45, 7) is 1.25. The van der Waals surface area contributed by atoms with E-state index in [9.17, 15) is 18.8 Å². The van der Waals surface area contributed by atoms with Crippen LogP contribution in [0.4, 0.5) is 10.1 Å². The van der Waals surface area contributed by atoms with Crippen molar-refractivity contribution in [3.8, 4) is 0 Å². The molecule has 0 spiro atoms. The van der Waals surface area contributed by atoms with Crippen LogP contribution in [0, 0.1) is 5.82 Å². The number of halogens is 3. The van der Waals surface area contributed by atoms with Crippen LogP contribution >= 0.6 is 23.2 Å². The number of hydrogen-bond donors (Lipinski definition) is 3. The van der Waals surface area contributed by atoms with E-state index in [2.05, 4.69) is 15.5 Å². The lowest BCUT2D eigenvalue weighted by Crippen LogP contribution is -2.55. The highest BCUT2D eigenvalue weighted by Crippen LogP contribution is 2.30. The molecule has 1 heterocycles. The van der Waals surface area contributed by atoms with Gasteiger partial charge in [0.1, 0.15) is 6.04 Å². The molecule has 0 radical (unpaired) electrons. The number of nitrogens with zero attached hydrogens (tertiary/aromatic N) is 2. The van der Waals surface area contributed by atoms with Gasteiger partial charge >= 0.3 is 0 Å². The molecule has 1 aliphatic heterocycles. The molecular weight excluding hydrogens is 556 g/mol. The second kappa shape index (κ2) is 13.8. The number of benzene rings is 2. The number of nitrogens with two attached hydrogens (primary N) is 1. The van der Waals surface area contributed by atoms with Gasteiger partial charge in [-0.25, -0.2) is 4.39 Å². The molecule has 0 unspecified atom stereocenters. The summed E-state index contributed by atoms with van der Waals surface area (Å²) < 4.78 is 14.5. The zero-order valence-corrected chi connectivity index (χ0v) is 24.1. The van der Waals surface area contributed by atoms with Gasteiger partial charge < -0.3 is 21.3 Å². The molecule has 2 aromatic rings. The van der Waals surface area contributed by atoms with Gasteiger partial charge in [0.05, 0.1) is 21.8 Å². The number of carbonyl (C=O) groups excluding carboxylic acids is 3. The number of amides is 3. The molecule has 4 N–H and O–H groups in total. The Labute approximate surface area is 244 Å². The second-order valence-electron chi connectivity index (χ2n) is 10.5. The molecule has 2 atom stereocenters. The first-order chi connectivity index (χ1) is 19.2. The van der Waals surface area contributed by atoms with Gasteiger partial charge in [-0.2, -0.15) is 0 Å². The summed E-state index contributed by atoms with van der Waals surface area (Å²) in [7, 11) is 1.87. The quantitative estimate of drug-likeness (QED) is 0.341. The highest BCUT2D eigenvalue weighted by Gasteiger charge is 2.34. The molecule has 11 heteroatoms. The monoisotopic (exact) mass is 591 g/mol. The summed E-state index contributed by atoms with van der Waals surface area (Å²) >= 11 is 11.7. The minimum Gasteiger partial charge on any atom is -0.343 e. The molecule has 8 nitrogen and oxygen atoms in total. The average Bonchev–Trinajstić information content (AvgIpc) is 2.91. The van der Waals surface area contributed by atoms with Crippen molar-refractivity contribution in [2.75, 3.05) is 25.5 Å². The van der Waals surface area contributed by atoms with E-state index < -0.39 is 23.8 Å². The van der Waals surface area contributed by atoms with Crippen LogP contribution in [0.25, 0.3) is 0 Å². The standard InChI is InChI=1S/C29H36Cl2FN5O3/c1-36(20-8-4-9-20)25(38)10-5-15-37-17-19-7-3-2-6-18(19)16-24(37)29(40)35-23(13-14-33)28(39)34-22-12-11-21(30)26(31)27(22)32/h2-3,6-7,11-12,20,23-24H,4-5,8-10,13-17,33H2,1H3,(H,34,39)(H,35,40)/t23-,24-/m0/s1. The van der Waals surface area contributed by atoms with Gasteiger partial charge in [-0.05, 0) is 74.9 Å². The Morgan fingerprint density at radius 3 is 2.55 bits per heavy atom. The topological polar surface area (TPSA) is 108 Å². The molecule has 0 saturated heterocycles. The van der Waals surface area contributed by atoms with Gasteiger partial charge in [-0.1, -0.05) is 47.5 Å². The first kappa shape index (κ1) is 30.2. The van der Waals surface area contributed by atoms with E-state index in [1.54, 1.807) is 0 Å². The Kier molecular flexibility index (Phi) is 10.4. The number of rotatable bonds is 11. The van der Waals surface area contributed by atoms with E-state index in [4.69, 9.17) is 28.9 Å². The highest BCUT2D eigenvalue weighted by molar-refractivity contribution is 6.42. The molecule has 1 fully saturated rings. The van der Waals surface area contributed by atoms with Crippen molar-refractivity contribution < 1.29 is 18.8 Å². The summed E-state index contributed by atoms with van der Waals surface area (Å²) in [6, 6.07) is 9.47. The van der Waals surface area contributed by atoms with Crippen molar-refractivity contribution in [3.63, 3.8) is 0 Å². The Morgan fingerprint density at radius 2 is 1.88 bits per heavy atom. The van der Waals surface area contributed by atoms with Crippen molar-refractivity contribution >= 4 is 46.6 Å². The predicted molar refractivity (Wildman–Crippen MR) is 155 cm³/mol. The van der Waals surface area contributed by atoms with E-state index in [1.807, 2.05) is 36.2 Å². The molecule has 1 saturated carbocycles. The van der Waals surface area contributed by atoms with E-state index >= 15 is 0 Å². The molecule has 2 aliphatic rings. The summed E-state index contributed by atoms with van der Waals surface area (Å²) in [4.78, 5) is 43.3. The fourth-order valence-electron chi connectivity index (χ4n) is 5.20. The van der Waals surface area contributed by atoms with Crippen molar-refractivity contribution in [1.29, 1.82) is 0 Å². The smallest absolute Gasteiger partial charge is 0.247 e. The molecule has 0 bridgehead atoms. The first-order valence-corrected chi connectivity index (χ1v) is 14.5. The Bertz CT molecular complexity index is 1240. The van der Waals surface area contributed by atoms with Gasteiger partial charge in [0.25, 0.3) is 0 Å². The van der Waals surface area contributed by atoms with Crippen LogP contribution < -0.4 is 16.4 Å². The van der Waals surface area contributed by atoms with Crippen molar-refractivity contribution in [1.82, 2.24) is 15.1 Å². The minimum absolute atomic E-state index is 0.0260. The van der Waals surface area contributed by atoms with Crippen LogP contribution in [0.3, 0.4) is 0 Å². The molecule has 40 heavy (non-hydrogen) atoms. The number of anilines is 1. The van der Waals surface area contributed by atoms with Gasteiger partial charge in [-0.15, -0.1) is 0 Å². The fraction of sp³-hybridized carbons (Fsp3) is 0.483. The number of nitrogens with one attached hydrogen (secondary N) is 2. The molecule has 3 amide bonds. The lowest BCUT2D eigenvalue weighted by atomic mass is 9.91. The normalized spacial score (nSPS) is 17.9. The third-order valence-corrected chi connectivity index (χ3v) is 8.66. The van der Waals surface area contributed by atoms with Crippen LogP contribution in [-0.2, 0) is 27.3 Å². The Morgan fingerprint density at radius 1 is 1.15 bits per heavy atom. The second-order valence-corrected chi connectivity index (χ2v) is 11.3. The molecule has 4 rings (SSSR count). The van der Waals surface area contributed by atoms with Gasteiger partial charge in [-0.3, -0.25) is 19.3 Å². The minimum atomic E-state index is -0.983. The Balaban J connectivity index is 1.43. The van der Waals surface area contributed by atoms with E-state index in [0.29, 0.717) is 38.4 Å². The predicted octanol–water partition coefficient (Wildman–Crippen LogP) is 4.12. The van der Waals surface area contributed by atoms with E-state index in [1.165, 1.54) is 12.1 Å². The lowest BCUT2D eigenvalue weighted by Gasteiger charge is -2.37. The van der Waals surface area contributed by atoms with Gasteiger partial charge in [0.2, 0.25) is 17.7 Å². The molecular formula is C29H36Cl2FN5O3. The maximum absolute atomic E-state index is 14.5. The number of hydrogen-bond acceptors (Lipinski definition) is 5. The zero-order chi connectivity index (χ0) is 28.8. The molecule has 216 valence electrons. The Hall–Kier alpha value is -2.72. The van der Waals surface area contributed by atoms with Crippen molar-refractivity contribution in [2.45, 2.75) is 69.6 Å². The van der Waals surface area contributed by atoms with Gasteiger partial charge in [0.15, 0.2) is 5.82 Å². The highest BCUT2D eigenvalue weighted by atomic mass is 35.5. The maximum Gasteiger partial charge on any atom is 0.247 e. The largest absolute Gasteiger partial charge is 0.343 e. The van der Waals surface area contributed by atoms with Crippen molar-refractivity contribution in [3.05, 3.63) is 63.4 Å². The molecule has 1 aliphatic carbocycles. The van der Waals surface area contributed by atoms with E-state index in [0.717, 1.165) is 30.4 Å². The fourth-order valence-corrected chi connectivity index (χ4v) is 5.51. The molecule has 0 aromatic heterocycles. The number of carbonyl (C=O) groups is 3. The first-order valence-electron chi connectivity index (χ1n) is 13.7. The van der Waals surface area contributed by atoms with Crippen LogP contribution in [0.15, 0.2) is 36.4 Å². The third-order valence-electron chi connectivity index (χ3n) is 7.88. The van der Waals surface area contributed by atoms with Gasteiger partial charge in [0, 0.05) is 26.1 Å². The maximum atomic E-state index is 14.5. The van der Waals surface area contributed by atoms with Crippen LogP contribution in [0.1, 0.15) is 49.7 Å².